The van der Waals surface area contributed by atoms with Gasteiger partial charge in [0, 0.05) is 20.1 Å². The van der Waals surface area contributed by atoms with Gasteiger partial charge in [0.15, 0.2) is 11.5 Å². The van der Waals surface area contributed by atoms with Gasteiger partial charge in [-0.15, -0.1) is 0 Å². The zero-order valence-corrected chi connectivity index (χ0v) is 15.3. The molecule has 2 rings (SSSR count). The number of hydrogen-bond donors (Lipinski definition) is 1. The highest BCUT2D eigenvalue weighted by molar-refractivity contribution is 5.75. The summed E-state index contributed by atoms with van der Waals surface area (Å²) in [4.78, 5) is 25.5. The molecule has 7 heteroatoms. The van der Waals surface area contributed by atoms with Crippen molar-refractivity contribution in [1.82, 2.24) is 0 Å². The molecule has 25 heavy (non-hydrogen) atoms. The fraction of sp³-hybridized carbons (Fsp3) is 0.444. The molecule has 0 unspecified atom stereocenters. The molecule has 0 aliphatic rings. The van der Waals surface area contributed by atoms with Gasteiger partial charge in [-0.25, -0.2) is 0 Å². The molecule has 1 N–H and O–H groups in total. The van der Waals surface area contributed by atoms with E-state index in [2.05, 4.69) is 5.32 Å². The van der Waals surface area contributed by atoms with Crippen molar-refractivity contribution in [1.29, 1.82) is 0 Å². The summed E-state index contributed by atoms with van der Waals surface area (Å²) in [6.07, 6.45) is 0.891. The second-order valence-electron chi connectivity index (χ2n) is 5.69. The molecule has 136 valence electrons. The zero-order valence-electron chi connectivity index (χ0n) is 15.3. The van der Waals surface area contributed by atoms with Crippen LogP contribution in [0.5, 0.6) is 17.2 Å². The minimum atomic E-state index is -0.481. The van der Waals surface area contributed by atoms with Gasteiger partial charge in [0.1, 0.15) is 11.4 Å². The minimum Gasteiger partial charge on any atom is -0.493 e. The van der Waals surface area contributed by atoms with Crippen LogP contribution in [0.2, 0.25) is 0 Å². The van der Waals surface area contributed by atoms with Crippen LogP contribution in [0.15, 0.2) is 21.7 Å². The molecule has 0 saturated carbocycles. The van der Waals surface area contributed by atoms with Gasteiger partial charge < -0.3 is 24.4 Å². The molecule has 0 heterocycles. The second kappa shape index (κ2) is 7.92. The third-order valence-corrected chi connectivity index (χ3v) is 4.02. The Kier molecular flexibility index (Phi) is 5.90. The van der Waals surface area contributed by atoms with Gasteiger partial charge in [0.2, 0.25) is 5.75 Å². The molecule has 0 amide bonds. The average molecular weight is 348 g/mol. The molecule has 0 atom stereocenters. The Morgan fingerprint density at radius 1 is 1.00 bits per heavy atom. The van der Waals surface area contributed by atoms with E-state index in [1.165, 1.54) is 7.11 Å². The number of rotatable bonds is 9. The summed E-state index contributed by atoms with van der Waals surface area (Å²) >= 11 is 0. The molecular weight excluding hydrogens is 324 g/mol. The van der Waals surface area contributed by atoms with Crippen LogP contribution in [0.1, 0.15) is 18.9 Å². The van der Waals surface area contributed by atoms with Crippen LogP contribution >= 0.6 is 0 Å². The summed E-state index contributed by atoms with van der Waals surface area (Å²) < 4.78 is 15.9. The van der Waals surface area contributed by atoms with Crippen molar-refractivity contribution < 1.29 is 14.2 Å². The van der Waals surface area contributed by atoms with Crippen molar-refractivity contribution >= 4 is 11.4 Å². The van der Waals surface area contributed by atoms with Gasteiger partial charge in [-0.3, -0.25) is 9.59 Å². The van der Waals surface area contributed by atoms with Crippen LogP contribution in [-0.2, 0) is 6.54 Å². The van der Waals surface area contributed by atoms with Crippen molar-refractivity contribution in [3.63, 3.8) is 0 Å². The SMILES string of the molecule is CCCN(C)c1c(NCc2cc(OC)c(OC)c(OC)c2)c(=O)c1=O. The van der Waals surface area contributed by atoms with E-state index in [4.69, 9.17) is 14.2 Å². The predicted octanol–water partition coefficient (Wildman–Crippen LogP) is 1.77. The Labute approximate surface area is 146 Å². The highest BCUT2D eigenvalue weighted by Crippen LogP contribution is 2.38. The predicted molar refractivity (Wildman–Crippen MR) is 98.3 cm³/mol. The molecule has 0 fully saturated rings. The first-order chi connectivity index (χ1) is 12.0. The number of ether oxygens (including phenoxy) is 3. The van der Waals surface area contributed by atoms with Gasteiger partial charge in [-0.2, -0.15) is 0 Å². The highest BCUT2D eigenvalue weighted by atomic mass is 16.5. The van der Waals surface area contributed by atoms with Crippen molar-refractivity contribution in [3.05, 3.63) is 38.1 Å². The first-order valence-corrected chi connectivity index (χ1v) is 8.05. The summed E-state index contributed by atoms with van der Waals surface area (Å²) in [5, 5.41) is 3.06. The second-order valence-corrected chi connectivity index (χ2v) is 5.69. The van der Waals surface area contributed by atoms with E-state index < -0.39 is 10.9 Å². The molecule has 0 aliphatic carbocycles. The minimum absolute atomic E-state index is 0.356. The number of nitrogens with one attached hydrogen (secondary N) is 1. The van der Waals surface area contributed by atoms with Gasteiger partial charge >= 0.3 is 0 Å². The fourth-order valence-electron chi connectivity index (χ4n) is 2.78. The molecular formula is C18H24N2O5. The van der Waals surface area contributed by atoms with Gasteiger partial charge in [-0.1, -0.05) is 6.92 Å². The lowest BCUT2D eigenvalue weighted by atomic mass is 10.1. The summed E-state index contributed by atoms with van der Waals surface area (Å²) in [6, 6.07) is 3.60. The van der Waals surface area contributed by atoms with Crippen LogP contribution in [0.4, 0.5) is 11.4 Å². The highest BCUT2D eigenvalue weighted by Gasteiger charge is 2.23. The van der Waals surface area contributed by atoms with E-state index in [-0.39, 0.29) is 0 Å². The lowest BCUT2D eigenvalue weighted by molar-refractivity contribution is 0.324. The van der Waals surface area contributed by atoms with Crippen LogP contribution in [0.25, 0.3) is 0 Å². The quantitative estimate of drug-likeness (QED) is 0.692. The van der Waals surface area contributed by atoms with Crippen LogP contribution < -0.4 is 35.3 Å². The Hall–Kier alpha value is -2.70. The van der Waals surface area contributed by atoms with E-state index in [0.29, 0.717) is 41.7 Å². The number of methoxy groups -OCH3 is 3. The maximum Gasteiger partial charge on any atom is 0.253 e. The third-order valence-electron chi connectivity index (χ3n) is 4.02. The summed E-state index contributed by atoms with van der Waals surface area (Å²) in [5.41, 5.74) is 0.717. The molecule has 0 aromatic heterocycles. The molecule has 7 nitrogen and oxygen atoms in total. The lowest BCUT2D eigenvalue weighted by Gasteiger charge is -2.23. The van der Waals surface area contributed by atoms with E-state index in [1.807, 2.05) is 14.0 Å². The van der Waals surface area contributed by atoms with Gasteiger partial charge in [0.25, 0.3) is 10.9 Å². The Morgan fingerprint density at radius 2 is 1.60 bits per heavy atom. The Balaban J connectivity index is 2.24. The fourth-order valence-corrected chi connectivity index (χ4v) is 2.78. The lowest BCUT2D eigenvalue weighted by Crippen LogP contribution is -2.41. The number of benzene rings is 1. The maximum absolute atomic E-state index is 11.9. The maximum atomic E-state index is 11.9. The third kappa shape index (κ3) is 3.55. The first kappa shape index (κ1) is 18.6. The Morgan fingerprint density at radius 3 is 2.08 bits per heavy atom. The first-order valence-electron chi connectivity index (χ1n) is 8.05. The van der Waals surface area contributed by atoms with E-state index in [9.17, 15) is 9.59 Å². The zero-order chi connectivity index (χ0) is 18.6. The Bertz CT molecular complexity index is 783. The monoisotopic (exact) mass is 348 g/mol. The molecule has 2 aromatic carbocycles. The van der Waals surface area contributed by atoms with Crippen LogP contribution in [0, 0.1) is 0 Å². The van der Waals surface area contributed by atoms with Crippen molar-refractivity contribution in [2.24, 2.45) is 0 Å². The molecule has 0 bridgehead atoms. The van der Waals surface area contributed by atoms with Crippen molar-refractivity contribution in [3.8, 4) is 17.2 Å². The summed E-state index contributed by atoms with van der Waals surface area (Å²) in [6.45, 7) is 3.09. The molecule has 0 aliphatic heterocycles. The largest absolute Gasteiger partial charge is 0.493 e. The van der Waals surface area contributed by atoms with Crippen molar-refractivity contribution in [2.45, 2.75) is 19.9 Å². The summed E-state index contributed by atoms with van der Waals surface area (Å²) in [7, 11) is 6.44. The van der Waals surface area contributed by atoms with E-state index in [1.54, 1.807) is 31.3 Å². The van der Waals surface area contributed by atoms with E-state index in [0.717, 1.165) is 12.0 Å². The molecule has 0 spiro atoms. The van der Waals surface area contributed by atoms with Crippen LogP contribution in [0.3, 0.4) is 0 Å². The molecule has 0 radical (unpaired) electrons. The number of nitrogens with zero attached hydrogens (tertiary/aromatic N) is 1. The number of anilines is 2. The van der Waals surface area contributed by atoms with E-state index >= 15 is 0 Å². The molecule has 2 aromatic rings. The van der Waals surface area contributed by atoms with Gasteiger partial charge in [0.05, 0.1) is 21.3 Å². The number of hydrogen-bond acceptors (Lipinski definition) is 7. The summed E-state index contributed by atoms with van der Waals surface area (Å²) in [5.74, 6) is 1.57. The van der Waals surface area contributed by atoms with Gasteiger partial charge in [-0.05, 0) is 24.1 Å². The normalized spacial score (nSPS) is 10.6. The van der Waals surface area contributed by atoms with Crippen LogP contribution in [-0.4, -0.2) is 34.9 Å². The average Bonchev–Trinajstić information content (AvgIpc) is 2.63. The molecule has 0 saturated heterocycles. The standard InChI is InChI=1S/C18H24N2O5/c1-6-7-20(2)15-14(16(21)17(15)22)19-10-11-8-12(23-3)18(25-5)13(9-11)24-4/h8-9,19H,6-7,10H2,1-5H3. The topological polar surface area (TPSA) is 77.1 Å². The van der Waals surface area contributed by atoms with Crippen molar-refractivity contribution in [2.75, 3.05) is 45.1 Å². The smallest absolute Gasteiger partial charge is 0.253 e.